The van der Waals surface area contributed by atoms with Crippen molar-refractivity contribution in [1.29, 1.82) is 0 Å². The van der Waals surface area contributed by atoms with Crippen LogP contribution in [0, 0.1) is 17.8 Å². The molecule has 3 rings (SSSR count). The number of ether oxygens (including phenoxy) is 1. The lowest BCUT2D eigenvalue weighted by Gasteiger charge is -2.33. The smallest absolute Gasteiger partial charge is 0.410 e. The summed E-state index contributed by atoms with van der Waals surface area (Å²) >= 11 is 0. The lowest BCUT2D eigenvalue weighted by Crippen LogP contribution is -2.47. The molecule has 1 amide bonds. The largest absolute Gasteiger partial charge is 0.481 e. The van der Waals surface area contributed by atoms with Gasteiger partial charge in [-0.3, -0.25) is 4.79 Å². The predicted octanol–water partition coefficient (Wildman–Crippen LogP) is 0.938. The van der Waals surface area contributed by atoms with Crippen LogP contribution in [0.15, 0.2) is 0 Å². The van der Waals surface area contributed by atoms with Gasteiger partial charge in [-0.15, -0.1) is 0 Å². The Bertz CT molecular complexity index is 343. The van der Waals surface area contributed by atoms with Gasteiger partial charge in [0.25, 0.3) is 0 Å². The van der Waals surface area contributed by atoms with Crippen molar-refractivity contribution in [1.82, 2.24) is 4.90 Å². The van der Waals surface area contributed by atoms with E-state index in [4.69, 9.17) is 4.74 Å². The number of carbonyl (C=O) groups is 2. The monoisotopic (exact) mass is 225 g/mol. The van der Waals surface area contributed by atoms with Gasteiger partial charge in [0.1, 0.15) is 6.61 Å². The van der Waals surface area contributed by atoms with E-state index in [9.17, 15) is 14.7 Å². The quantitative estimate of drug-likeness (QED) is 0.759. The molecule has 1 saturated heterocycles. The summed E-state index contributed by atoms with van der Waals surface area (Å²) < 4.78 is 4.91. The van der Waals surface area contributed by atoms with E-state index in [-0.39, 0.29) is 24.0 Å². The van der Waals surface area contributed by atoms with Crippen LogP contribution in [0.4, 0.5) is 4.79 Å². The fourth-order valence-electron chi connectivity index (χ4n) is 3.73. The number of carboxylic acid groups (broad SMARTS) is 1. The van der Waals surface area contributed by atoms with Gasteiger partial charge >= 0.3 is 12.1 Å². The molecule has 2 bridgehead atoms. The van der Waals surface area contributed by atoms with Gasteiger partial charge in [0.15, 0.2) is 0 Å². The van der Waals surface area contributed by atoms with Gasteiger partial charge in [0, 0.05) is 0 Å². The molecule has 1 heterocycles. The zero-order valence-electron chi connectivity index (χ0n) is 8.96. The molecular formula is C11H15NO4. The third-order valence-corrected chi connectivity index (χ3v) is 4.31. The van der Waals surface area contributed by atoms with Crippen molar-refractivity contribution in [2.24, 2.45) is 17.8 Å². The Hall–Kier alpha value is -1.26. The number of carboxylic acids is 1. The van der Waals surface area contributed by atoms with Gasteiger partial charge in [-0.2, -0.15) is 0 Å². The summed E-state index contributed by atoms with van der Waals surface area (Å²) in [5.74, 6) is -0.487. The van der Waals surface area contributed by atoms with Crippen LogP contribution in [0.1, 0.15) is 19.3 Å². The van der Waals surface area contributed by atoms with E-state index in [2.05, 4.69) is 0 Å². The number of carbonyl (C=O) groups excluding carboxylic acids is 1. The molecule has 2 aliphatic carbocycles. The van der Waals surface area contributed by atoms with E-state index in [1.165, 1.54) is 0 Å². The van der Waals surface area contributed by atoms with Crippen LogP contribution >= 0.6 is 0 Å². The number of hydrogen-bond acceptors (Lipinski definition) is 3. The second-order valence-electron chi connectivity index (χ2n) is 5.00. The fourth-order valence-corrected chi connectivity index (χ4v) is 3.73. The van der Waals surface area contributed by atoms with Gasteiger partial charge < -0.3 is 14.7 Å². The maximum absolute atomic E-state index is 11.5. The second kappa shape index (κ2) is 3.37. The minimum Gasteiger partial charge on any atom is -0.481 e. The summed E-state index contributed by atoms with van der Waals surface area (Å²) in [6, 6.07) is -0.119. The predicted molar refractivity (Wildman–Crippen MR) is 53.8 cm³/mol. The molecule has 5 nitrogen and oxygen atoms in total. The van der Waals surface area contributed by atoms with Crippen molar-refractivity contribution in [3.63, 3.8) is 0 Å². The Kier molecular flexibility index (Phi) is 2.09. The zero-order valence-corrected chi connectivity index (χ0v) is 8.96. The molecule has 16 heavy (non-hydrogen) atoms. The normalized spacial score (nSPS) is 41.5. The zero-order chi connectivity index (χ0) is 11.3. The summed E-state index contributed by atoms with van der Waals surface area (Å²) in [4.78, 5) is 24.4. The van der Waals surface area contributed by atoms with Crippen LogP contribution in [0.2, 0.25) is 0 Å². The Morgan fingerprint density at radius 3 is 2.75 bits per heavy atom. The summed E-state index contributed by atoms with van der Waals surface area (Å²) in [6.45, 7) is 0.954. The lowest BCUT2D eigenvalue weighted by molar-refractivity contribution is -0.145. The molecule has 0 aromatic heterocycles. The van der Waals surface area contributed by atoms with Gasteiger partial charge in [0.2, 0.25) is 0 Å². The lowest BCUT2D eigenvalue weighted by atomic mass is 9.83. The highest BCUT2D eigenvalue weighted by Crippen LogP contribution is 2.51. The first-order chi connectivity index (χ1) is 7.68. The Morgan fingerprint density at radius 2 is 2.12 bits per heavy atom. The maximum atomic E-state index is 11.5. The molecule has 3 aliphatic rings. The average Bonchev–Trinajstić information content (AvgIpc) is 2.90. The Balaban J connectivity index is 1.87. The number of nitrogens with zero attached hydrogens (tertiary/aromatic N) is 1. The molecule has 4 unspecified atom stereocenters. The molecule has 0 radical (unpaired) electrons. The highest BCUT2D eigenvalue weighted by atomic mass is 16.6. The molecular weight excluding hydrogens is 210 g/mol. The van der Waals surface area contributed by atoms with E-state index in [1.807, 2.05) is 0 Å². The molecule has 1 aliphatic heterocycles. The third kappa shape index (κ3) is 1.23. The summed E-state index contributed by atoms with van der Waals surface area (Å²) in [7, 11) is 0. The minimum atomic E-state index is -0.753. The van der Waals surface area contributed by atoms with E-state index in [0.29, 0.717) is 19.1 Å². The third-order valence-electron chi connectivity index (χ3n) is 4.31. The fraction of sp³-hybridized carbons (Fsp3) is 0.818. The molecule has 5 heteroatoms. The Morgan fingerprint density at radius 1 is 1.38 bits per heavy atom. The minimum absolute atomic E-state index is 0.119. The molecule has 4 atom stereocenters. The van der Waals surface area contributed by atoms with Crippen LogP contribution < -0.4 is 0 Å². The maximum Gasteiger partial charge on any atom is 0.410 e. The first-order valence-corrected chi connectivity index (χ1v) is 5.84. The van der Waals surface area contributed by atoms with Crippen molar-refractivity contribution in [2.75, 3.05) is 13.2 Å². The standard InChI is InChI=1S/C11H15NO4/c13-10(14)8-6-1-2-7(5-6)9(8)12-3-4-16-11(12)15/h6-9H,1-5H2,(H,13,14). The SMILES string of the molecule is O=C(O)C1C2CCC(C2)C1N1CCOC1=O. The van der Waals surface area contributed by atoms with Gasteiger partial charge in [-0.1, -0.05) is 0 Å². The van der Waals surface area contributed by atoms with Gasteiger partial charge in [0.05, 0.1) is 18.5 Å². The first-order valence-electron chi connectivity index (χ1n) is 5.84. The van der Waals surface area contributed by atoms with Crippen molar-refractivity contribution in [2.45, 2.75) is 25.3 Å². The van der Waals surface area contributed by atoms with Crippen LogP contribution in [0.5, 0.6) is 0 Å². The number of hydrogen-bond donors (Lipinski definition) is 1. The highest BCUT2D eigenvalue weighted by Gasteiger charge is 2.55. The van der Waals surface area contributed by atoms with E-state index < -0.39 is 5.97 Å². The van der Waals surface area contributed by atoms with Gasteiger partial charge in [-0.25, -0.2) is 4.79 Å². The number of fused-ring (bicyclic) bond motifs is 2. The van der Waals surface area contributed by atoms with Gasteiger partial charge in [-0.05, 0) is 31.1 Å². The topological polar surface area (TPSA) is 66.8 Å². The van der Waals surface area contributed by atoms with E-state index >= 15 is 0 Å². The molecule has 1 N–H and O–H groups in total. The number of rotatable bonds is 2. The molecule has 3 fully saturated rings. The second-order valence-corrected chi connectivity index (χ2v) is 5.00. The van der Waals surface area contributed by atoms with Crippen molar-refractivity contribution < 1.29 is 19.4 Å². The Labute approximate surface area is 93.4 Å². The number of cyclic esters (lactones) is 1. The van der Waals surface area contributed by atoms with Crippen molar-refractivity contribution >= 4 is 12.1 Å². The molecule has 88 valence electrons. The van der Waals surface area contributed by atoms with E-state index in [1.54, 1.807) is 4.90 Å². The molecule has 0 spiro atoms. The highest BCUT2D eigenvalue weighted by molar-refractivity contribution is 5.75. The first kappa shape index (κ1) is 9.93. The molecule has 0 aromatic rings. The summed E-state index contributed by atoms with van der Waals surface area (Å²) in [6.07, 6.45) is 2.69. The van der Waals surface area contributed by atoms with E-state index in [0.717, 1.165) is 19.3 Å². The number of amides is 1. The van der Waals surface area contributed by atoms with Crippen molar-refractivity contribution in [3.8, 4) is 0 Å². The molecule has 2 saturated carbocycles. The molecule has 0 aromatic carbocycles. The average molecular weight is 225 g/mol. The van der Waals surface area contributed by atoms with Crippen LogP contribution in [-0.2, 0) is 9.53 Å². The van der Waals surface area contributed by atoms with Crippen LogP contribution in [-0.4, -0.2) is 41.3 Å². The van der Waals surface area contributed by atoms with Crippen molar-refractivity contribution in [3.05, 3.63) is 0 Å². The number of aliphatic carboxylic acids is 1. The summed E-state index contributed by atoms with van der Waals surface area (Å²) in [5.41, 5.74) is 0. The van der Waals surface area contributed by atoms with Crippen LogP contribution in [0.25, 0.3) is 0 Å². The van der Waals surface area contributed by atoms with Crippen LogP contribution in [0.3, 0.4) is 0 Å². The summed E-state index contributed by atoms with van der Waals surface area (Å²) in [5, 5.41) is 9.27.